The van der Waals surface area contributed by atoms with E-state index in [1.807, 2.05) is 36.6 Å². The average Bonchev–Trinajstić information content (AvgIpc) is 3.31. The number of carbonyl (C=O) groups is 1. The van der Waals surface area contributed by atoms with Crippen molar-refractivity contribution in [3.8, 4) is 16.4 Å². The average molecular weight is 371 g/mol. The summed E-state index contributed by atoms with van der Waals surface area (Å²) in [5.41, 5.74) is 2.18. The second-order valence-electron chi connectivity index (χ2n) is 5.96. The number of aryl methyl sites for hydroxylation is 1. The van der Waals surface area contributed by atoms with Crippen molar-refractivity contribution in [1.82, 2.24) is 15.8 Å². The van der Waals surface area contributed by atoms with Gasteiger partial charge in [0, 0.05) is 19.2 Å². The number of amides is 1. The number of phenols is 1. The molecular weight excluding hydrogens is 350 g/mol. The van der Waals surface area contributed by atoms with Crippen LogP contribution in [0.25, 0.3) is 10.6 Å². The first-order chi connectivity index (χ1) is 12.6. The third-order valence-corrected chi connectivity index (χ3v) is 4.81. The van der Waals surface area contributed by atoms with Crippen LogP contribution in [0.5, 0.6) is 5.75 Å². The van der Waals surface area contributed by atoms with Crippen molar-refractivity contribution in [2.75, 3.05) is 13.1 Å². The first kappa shape index (κ1) is 18.2. The molecular formula is C19H21N3O3S. The molecule has 1 amide bonds. The van der Waals surface area contributed by atoms with Crippen molar-refractivity contribution >= 4 is 17.2 Å². The molecule has 2 aromatic heterocycles. The molecule has 0 radical (unpaired) electrons. The molecule has 0 saturated heterocycles. The summed E-state index contributed by atoms with van der Waals surface area (Å²) < 4.78 is 5.21. The minimum absolute atomic E-state index is 0.236. The number of thiophene rings is 1. The van der Waals surface area contributed by atoms with Crippen molar-refractivity contribution in [2.45, 2.75) is 19.9 Å². The highest BCUT2D eigenvalue weighted by Gasteiger charge is 2.13. The number of nitrogens with one attached hydrogen (secondary N) is 2. The summed E-state index contributed by atoms with van der Waals surface area (Å²) in [6.45, 7) is 3.85. The van der Waals surface area contributed by atoms with Crippen LogP contribution in [0.1, 0.15) is 28.0 Å². The van der Waals surface area contributed by atoms with Gasteiger partial charge in [-0.15, -0.1) is 11.3 Å². The Morgan fingerprint density at radius 2 is 2.15 bits per heavy atom. The minimum Gasteiger partial charge on any atom is -0.508 e. The summed E-state index contributed by atoms with van der Waals surface area (Å²) in [6.07, 6.45) is 0.791. The highest BCUT2D eigenvalue weighted by Crippen LogP contribution is 2.25. The van der Waals surface area contributed by atoms with Crippen molar-refractivity contribution in [3.05, 3.63) is 58.6 Å². The largest absolute Gasteiger partial charge is 0.508 e. The molecule has 0 aliphatic heterocycles. The molecule has 0 fully saturated rings. The van der Waals surface area contributed by atoms with Crippen LogP contribution in [0, 0.1) is 6.92 Å². The molecule has 0 unspecified atom stereocenters. The van der Waals surface area contributed by atoms with Crippen molar-refractivity contribution in [2.24, 2.45) is 0 Å². The maximum Gasteiger partial charge on any atom is 0.273 e. The molecule has 0 atom stereocenters. The van der Waals surface area contributed by atoms with E-state index in [2.05, 4.69) is 15.8 Å². The van der Waals surface area contributed by atoms with Gasteiger partial charge in [-0.25, -0.2) is 0 Å². The van der Waals surface area contributed by atoms with Gasteiger partial charge in [-0.1, -0.05) is 23.4 Å². The fourth-order valence-electron chi connectivity index (χ4n) is 2.42. The van der Waals surface area contributed by atoms with Gasteiger partial charge in [-0.2, -0.15) is 0 Å². The normalized spacial score (nSPS) is 10.8. The number of rotatable bonds is 8. The lowest BCUT2D eigenvalue weighted by Crippen LogP contribution is -2.27. The Bertz CT molecular complexity index is 859. The maximum absolute atomic E-state index is 12.1. The third kappa shape index (κ3) is 4.71. The van der Waals surface area contributed by atoms with Crippen molar-refractivity contribution in [3.63, 3.8) is 0 Å². The topological polar surface area (TPSA) is 87.4 Å². The molecule has 0 bridgehead atoms. The van der Waals surface area contributed by atoms with Crippen LogP contribution in [-0.4, -0.2) is 29.3 Å². The van der Waals surface area contributed by atoms with E-state index in [9.17, 15) is 9.90 Å². The van der Waals surface area contributed by atoms with Crippen LogP contribution in [0.2, 0.25) is 0 Å². The zero-order chi connectivity index (χ0) is 18.4. The molecule has 6 nitrogen and oxygen atoms in total. The summed E-state index contributed by atoms with van der Waals surface area (Å²) in [5, 5.41) is 21.6. The second-order valence-corrected chi connectivity index (χ2v) is 6.91. The first-order valence-electron chi connectivity index (χ1n) is 8.41. The van der Waals surface area contributed by atoms with E-state index in [0.717, 1.165) is 29.0 Å². The third-order valence-electron chi connectivity index (χ3n) is 3.93. The van der Waals surface area contributed by atoms with Gasteiger partial charge in [0.25, 0.3) is 5.91 Å². The molecule has 0 saturated carbocycles. The Kier molecular flexibility index (Phi) is 6.04. The number of carbonyl (C=O) groups excluding carboxylic acids is 1. The molecule has 136 valence electrons. The molecule has 3 aromatic rings. The molecule has 0 aliphatic rings. The SMILES string of the molecule is Cc1ccc(CNCCCNC(=O)c2cc(-c3cccs3)on2)cc1O. The molecule has 3 N–H and O–H groups in total. The molecule has 26 heavy (non-hydrogen) atoms. The molecule has 2 heterocycles. The van der Waals surface area contributed by atoms with Crippen LogP contribution in [0.4, 0.5) is 0 Å². The standard InChI is InChI=1S/C19H21N3O3S/c1-13-5-6-14(10-16(13)23)12-20-7-3-8-21-19(24)15-11-17(25-22-15)18-4-2-9-26-18/h2,4-6,9-11,20,23H,3,7-8,12H2,1H3,(H,21,24). The van der Waals surface area contributed by atoms with Gasteiger partial charge in [-0.05, 0) is 48.5 Å². The van der Waals surface area contributed by atoms with Crippen LogP contribution >= 0.6 is 11.3 Å². The zero-order valence-corrected chi connectivity index (χ0v) is 15.3. The van der Waals surface area contributed by atoms with E-state index in [0.29, 0.717) is 24.6 Å². The van der Waals surface area contributed by atoms with Gasteiger partial charge >= 0.3 is 0 Å². The quantitative estimate of drug-likeness (QED) is 0.529. The zero-order valence-electron chi connectivity index (χ0n) is 14.5. The number of benzene rings is 1. The van der Waals surface area contributed by atoms with Gasteiger partial charge in [0.2, 0.25) is 0 Å². The lowest BCUT2D eigenvalue weighted by atomic mass is 10.1. The fourth-order valence-corrected chi connectivity index (χ4v) is 3.09. The van der Waals surface area contributed by atoms with Gasteiger partial charge in [0.1, 0.15) is 5.75 Å². The number of nitrogens with zero attached hydrogens (tertiary/aromatic N) is 1. The number of hydrogen-bond acceptors (Lipinski definition) is 6. The summed E-state index contributed by atoms with van der Waals surface area (Å²) >= 11 is 1.54. The van der Waals surface area contributed by atoms with E-state index >= 15 is 0 Å². The summed E-state index contributed by atoms with van der Waals surface area (Å²) in [6, 6.07) is 11.2. The smallest absolute Gasteiger partial charge is 0.273 e. The number of aromatic hydroxyl groups is 1. The highest BCUT2D eigenvalue weighted by molar-refractivity contribution is 7.13. The van der Waals surface area contributed by atoms with E-state index in [4.69, 9.17) is 4.52 Å². The van der Waals surface area contributed by atoms with E-state index < -0.39 is 0 Å². The van der Waals surface area contributed by atoms with E-state index in [1.54, 1.807) is 12.1 Å². The Hall–Kier alpha value is -2.64. The number of hydrogen-bond donors (Lipinski definition) is 3. The molecule has 0 spiro atoms. The van der Waals surface area contributed by atoms with Gasteiger partial charge in [-0.3, -0.25) is 4.79 Å². The second kappa shape index (κ2) is 8.64. The summed E-state index contributed by atoms with van der Waals surface area (Å²) in [5.74, 6) is 0.680. The van der Waals surface area contributed by atoms with Crippen LogP contribution in [-0.2, 0) is 6.54 Å². The van der Waals surface area contributed by atoms with Crippen LogP contribution < -0.4 is 10.6 Å². The predicted octanol–water partition coefficient (Wildman–Crippen LogP) is 3.33. The predicted molar refractivity (Wildman–Crippen MR) is 101 cm³/mol. The Morgan fingerprint density at radius 1 is 1.27 bits per heavy atom. The summed E-state index contributed by atoms with van der Waals surface area (Å²) in [4.78, 5) is 13.0. The molecule has 3 rings (SSSR count). The molecule has 1 aromatic carbocycles. The molecule has 7 heteroatoms. The van der Waals surface area contributed by atoms with Gasteiger partial charge in [0.05, 0.1) is 4.88 Å². The first-order valence-corrected chi connectivity index (χ1v) is 9.29. The number of phenolic OH excluding ortho intramolecular Hbond substituents is 1. The fraction of sp³-hybridized carbons (Fsp3) is 0.263. The number of aromatic nitrogens is 1. The van der Waals surface area contributed by atoms with Gasteiger partial charge < -0.3 is 20.3 Å². The lowest BCUT2D eigenvalue weighted by molar-refractivity contribution is 0.0944. The van der Waals surface area contributed by atoms with E-state index in [1.165, 1.54) is 11.3 Å². The van der Waals surface area contributed by atoms with Gasteiger partial charge in [0.15, 0.2) is 11.5 Å². The highest BCUT2D eigenvalue weighted by atomic mass is 32.1. The minimum atomic E-state index is -0.236. The van der Waals surface area contributed by atoms with Crippen LogP contribution in [0.15, 0.2) is 46.3 Å². The van der Waals surface area contributed by atoms with Crippen molar-refractivity contribution in [1.29, 1.82) is 0 Å². The lowest BCUT2D eigenvalue weighted by Gasteiger charge is -2.07. The Morgan fingerprint density at radius 3 is 2.92 bits per heavy atom. The molecule has 0 aliphatic carbocycles. The van der Waals surface area contributed by atoms with E-state index in [-0.39, 0.29) is 11.6 Å². The van der Waals surface area contributed by atoms with Crippen molar-refractivity contribution < 1.29 is 14.4 Å². The van der Waals surface area contributed by atoms with Crippen LogP contribution in [0.3, 0.4) is 0 Å². The Balaban J connectivity index is 1.36. The summed E-state index contributed by atoms with van der Waals surface area (Å²) in [7, 11) is 0. The monoisotopic (exact) mass is 371 g/mol. The Labute approximate surface area is 155 Å². The maximum atomic E-state index is 12.1.